The molecule has 1 N–H and O–H groups in total. The van der Waals surface area contributed by atoms with Crippen LogP contribution >= 0.6 is 0 Å². The molecule has 1 aromatic carbocycles. The lowest BCUT2D eigenvalue weighted by atomic mass is 10.0. The van der Waals surface area contributed by atoms with Gasteiger partial charge in [-0.3, -0.25) is 4.79 Å². The van der Waals surface area contributed by atoms with Gasteiger partial charge in [0.2, 0.25) is 11.8 Å². The van der Waals surface area contributed by atoms with E-state index in [0.29, 0.717) is 35.7 Å². The van der Waals surface area contributed by atoms with E-state index in [9.17, 15) is 18.0 Å². The molecule has 0 saturated carbocycles. The fourth-order valence-corrected chi connectivity index (χ4v) is 3.81. The number of hydrogen-bond donors (Lipinski definition) is 1. The molecule has 2 atom stereocenters. The Labute approximate surface area is 187 Å². The Hall–Kier alpha value is -3.50. The number of carbonyl (C=O) groups excluding carboxylic acids is 1. The Balaban J connectivity index is 1.79. The third kappa shape index (κ3) is 4.81. The minimum absolute atomic E-state index is 0.0675. The Kier molecular flexibility index (Phi) is 6.05. The summed E-state index contributed by atoms with van der Waals surface area (Å²) in [7, 11) is 3.00. The van der Waals surface area contributed by atoms with Crippen LogP contribution in [-0.2, 0) is 11.3 Å². The zero-order valence-corrected chi connectivity index (χ0v) is 18.3. The van der Waals surface area contributed by atoms with Gasteiger partial charge in [-0.05, 0) is 31.2 Å². The number of ether oxygens (including phenoxy) is 3. The first-order valence-corrected chi connectivity index (χ1v) is 10.3. The Morgan fingerprint density at radius 3 is 2.61 bits per heavy atom. The van der Waals surface area contributed by atoms with Crippen molar-refractivity contribution in [2.75, 3.05) is 20.8 Å². The van der Waals surface area contributed by atoms with Gasteiger partial charge in [-0.2, -0.15) is 13.2 Å². The van der Waals surface area contributed by atoms with Crippen LogP contribution in [0.2, 0.25) is 0 Å². The quantitative estimate of drug-likeness (QED) is 0.575. The molecule has 1 amide bonds. The third-order valence-electron chi connectivity index (χ3n) is 5.58. The van der Waals surface area contributed by atoms with Crippen molar-refractivity contribution in [2.24, 2.45) is 5.92 Å². The fourth-order valence-electron chi connectivity index (χ4n) is 3.81. The van der Waals surface area contributed by atoms with Gasteiger partial charge in [0, 0.05) is 24.4 Å². The highest BCUT2D eigenvalue weighted by Crippen LogP contribution is 2.35. The predicted molar refractivity (Wildman–Crippen MR) is 113 cm³/mol. The van der Waals surface area contributed by atoms with Gasteiger partial charge in [-0.25, -0.2) is 9.97 Å². The van der Waals surface area contributed by atoms with E-state index in [0.717, 1.165) is 10.9 Å². The maximum atomic E-state index is 13.1. The van der Waals surface area contributed by atoms with Crippen molar-refractivity contribution in [2.45, 2.75) is 32.2 Å². The molecular formula is C22H23F3N4O4. The summed E-state index contributed by atoms with van der Waals surface area (Å²) in [6.45, 7) is 1.06. The number of methoxy groups -OCH3 is 2. The SMILES string of the molecule is COc1ccc(-c2cc3c(ncn3CC(F)(F)F)c(O[C@H](C)[C@H]3CNC(=O)C3)n2)cc1OC. The highest BCUT2D eigenvalue weighted by molar-refractivity contribution is 5.85. The maximum Gasteiger partial charge on any atom is 0.406 e. The highest BCUT2D eigenvalue weighted by Gasteiger charge is 2.31. The number of halogens is 3. The van der Waals surface area contributed by atoms with Gasteiger partial charge in [0.05, 0.1) is 31.8 Å². The largest absolute Gasteiger partial charge is 0.493 e. The molecule has 4 rings (SSSR count). The van der Waals surface area contributed by atoms with Crippen LogP contribution in [0.4, 0.5) is 13.2 Å². The first-order valence-electron chi connectivity index (χ1n) is 10.3. The first kappa shape index (κ1) is 22.7. The Morgan fingerprint density at radius 1 is 1.21 bits per heavy atom. The summed E-state index contributed by atoms with van der Waals surface area (Å²) in [6, 6.07) is 6.64. The average molecular weight is 464 g/mol. The van der Waals surface area contributed by atoms with Crippen LogP contribution in [-0.4, -0.2) is 53.5 Å². The average Bonchev–Trinajstić information content (AvgIpc) is 3.38. The van der Waals surface area contributed by atoms with Crippen molar-refractivity contribution in [3.05, 3.63) is 30.6 Å². The van der Waals surface area contributed by atoms with Gasteiger partial charge >= 0.3 is 6.18 Å². The number of pyridine rings is 1. The molecule has 3 aromatic rings. The van der Waals surface area contributed by atoms with E-state index in [1.807, 2.05) is 0 Å². The lowest BCUT2D eigenvalue weighted by molar-refractivity contribution is -0.140. The summed E-state index contributed by atoms with van der Waals surface area (Å²) in [6.07, 6.45) is -3.41. The second-order valence-electron chi connectivity index (χ2n) is 7.83. The number of fused-ring (bicyclic) bond motifs is 1. The summed E-state index contributed by atoms with van der Waals surface area (Å²) in [5.41, 5.74) is 1.43. The van der Waals surface area contributed by atoms with Crippen molar-refractivity contribution in [3.63, 3.8) is 0 Å². The van der Waals surface area contributed by atoms with Crippen LogP contribution < -0.4 is 19.5 Å². The summed E-state index contributed by atoms with van der Waals surface area (Å²) in [5.74, 6) is 0.906. The van der Waals surface area contributed by atoms with Gasteiger partial charge in [0.1, 0.15) is 12.6 Å². The van der Waals surface area contributed by atoms with Crippen LogP contribution in [0, 0.1) is 5.92 Å². The van der Waals surface area contributed by atoms with Gasteiger partial charge < -0.3 is 24.1 Å². The number of aromatic nitrogens is 3. The summed E-state index contributed by atoms with van der Waals surface area (Å²) in [4.78, 5) is 20.3. The second kappa shape index (κ2) is 8.80. The molecule has 1 aliphatic rings. The molecule has 33 heavy (non-hydrogen) atoms. The molecule has 1 aliphatic heterocycles. The Bertz CT molecular complexity index is 1180. The standard InChI is InChI=1S/C22H23F3N4O4/c1-12(14-7-19(30)26-9-14)33-21-20-16(29(11-27-20)10-22(23,24)25)8-15(28-21)13-4-5-17(31-2)18(6-13)32-3/h4-6,8,11-12,14H,7,9-10H2,1-3H3,(H,26,30)/t12-,14-/m1/s1. The van der Waals surface area contributed by atoms with Crippen LogP contribution in [0.1, 0.15) is 13.3 Å². The molecule has 1 fully saturated rings. The Morgan fingerprint density at radius 2 is 1.97 bits per heavy atom. The predicted octanol–water partition coefficient (Wildman–Crippen LogP) is 3.58. The lowest BCUT2D eigenvalue weighted by Crippen LogP contribution is -2.26. The topological polar surface area (TPSA) is 87.5 Å². The third-order valence-corrected chi connectivity index (χ3v) is 5.58. The molecule has 1 saturated heterocycles. The van der Waals surface area contributed by atoms with E-state index >= 15 is 0 Å². The van der Waals surface area contributed by atoms with Gasteiger partial charge in [0.15, 0.2) is 17.0 Å². The molecule has 3 heterocycles. The van der Waals surface area contributed by atoms with Crippen LogP contribution in [0.3, 0.4) is 0 Å². The number of nitrogens with one attached hydrogen (secondary N) is 1. The summed E-state index contributed by atoms with van der Waals surface area (Å²) < 4.78 is 57.1. The first-order chi connectivity index (χ1) is 15.7. The van der Waals surface area contributed by atoms with Crippen molar-refractivity contribution >= 4 is 16.9 Å². The maximum absolute atomic E-state index is 13.1. The lowest BCUT2D eigenvalue weighted by Gasteiger charge is -2.20. The number of carbonyl (C=O) groups is 1. The number of amides is 1. The number of alkyl halides is 3. The van der Waals surface area contributed by atoms with Crippen LogP contribution in [0.25, 0.3) is 22.3 Å². The molecule has 8 nitrogen and oxygen atoms in total. The molecule has 2 aromatic heterocycles. The van der Waals surface area contributed by atoms with Crippen molar-refractivity contribution < 1.29 is 32.2 Å². The van der Waals surface area contributed by atoms with Gasteiger partial charge in [-0.1, -0.05) is 0 Å². The zero-order valence-electron chi connectivity index (χ0n) is 18.3. The van der Waals surface area contributed by atoms with Crippen LogP contribution in [0.5, 0.6) is 17.4 Å². The molecule has 0 aliphatic carbocycles. The van der Waals surface area contributed by atoms with Gasteiger partial charge in [0.25, 0.3) is 0 Å². The normalized spacial score (nSPS) is 17.2. The smallest absolute Gasteiger partial charge is 0.406 e. The second-order valence-corrected chi connectivity index (χ2v) is 7.83. The number of imidazole rings is 1. The molecule has 0 bridgehead atoms. The molecule has 176 valence electrons. The van der Waals surface area contributed by atoms with E-state index in [4.69, 9.17) is 14.2 Å². The van der Waals surface area contributed by atoms with Crippen molar-refractivity contribution in [1.29, 1.82) is 0 Å². The minimum atomic E-state index is -4.43. The van der Waals surface area contributed by atoms with Gasteiger partial charge in [-0.15, -0.1) is 0 Å². The van der Waals surface area contributed by atoms with Crippen LogP contribution in [0.15, 0.2) is 30.6 Å². The zero-order chi connectivity index (χ0) is 23.8. The van der Waals surface area contributed by atoms with Crippen molar-refractivity contribution in [3.8, 4) is 28.6 Å². The summed E-state index contributed by atoms with van der Waals surface area (Å²) >= 11 is 0. The van der Waals surface area contributed by atoms with Crippen molar-refractivity contribution in [1.82, 2.24) is 19.9 Å². The summed E-state index contributed by atoms with van der Waals surface area (Å²) in [5, 5.41) is 2.75. The minimum Gasteiger partial charge on any atom is -0.493 e. The van der Waals surface area contributed by atoms with E-state index < -0.39 is 18.8 Å². The van der Waals surface area contributed by atoms with E-state index in [-0.39, 0.29) is 28.7 Å². The number of hydrogen-bond acceptors (Lipinski definition) is 6. The molecule has 0 spiro atoms. The number of benzene rings is 1. The monoisotopic (exact) mass is 464 g/mol. The number of rotatable bonds is 7. The molecule has 0 unspecified atom stereocenters. The molecular weight excluding hydrogens is 441 g/mol. The highest BCUT2D eigenvalue weighted by atomic mass is 19.4. The van der Waals surface area contributed by atoms with E-state index in [1.54, 1.807) is 25.1 Å². The fraction of sp³-hybridized carbons (Fsp3) is 0.409. The van der Waals surface area contributed by atoms with E-state index in [2.05, 4.69) is 15.3 Å². The van der Waals surface area contributed by atoms with E-state index in [1.165, 1.54) is 20.3 Å². The molecule has 0 radical (unpaired) electrons. The molecule has 11 heteroatoms. The number of nitrogens with zero attached hydrogens (tertiary/aromatic N) is 3.